The van der Waals surface area contributed by atoms with E-state index in [4.69, 9.17) is 9.47 Å². The summed E-state index contributed by atoms with van der Waals surface area (Å²) in [6.45, 7) is 4.83. The Morgan fingerprint density at radius 3 is 2.42 bits per heavy atom. The van der Waals surface area contributed by atoms with E-state index in [1.54, 1.807) is 14.2 Å². The summed E-state index contributed by atoms with van der Waals surface area (Å²) >= 11 is 0. The highest BCUT2D eigenvalue weighted by molar-refractivity contribution is 5.48. The Morgan fingerprint density at radius 1 is 1.21 bits per heavy atom. The minimum Gasteiger partial charge on any atom is -0.497 e. The first-order valence-corrected chi connectivity index (χ1v) is 6.78. The van der Waals surface area contributed by atoms with E-state index in [0.717, 1.165) is 31.9 Å². The van der Waals surface area contributed by atoms with Crippen LogP contribution in [0.5, 0.6) is 5.75 Å². The van der Waals surface area contributed by atoms with Crippen molar-refractivity contribution >= 4 is 5.69 Å². The third-order valence-electron chi connectivity index (χ3n) is 3.06. The Hall–Kier alpha value is -1.26. The van der Waals surface area contributed by atoms with Crippen LogP contribution in [-0.2, 0) is 4.74 Å². The number of benzene rings is 1. The van der Waals surface area contributed by atoms with E-state index in [9.17, 15) is 0 Å². The van der Waals surface area contributed by atoms with Gasteiger partial charge in [-0.3, -0.25) is 0 Å². The SMILES string of the molecule is CCCNC(COC)CN(C)c1ccc(OC)cc1. The highest BCUT2D eigenvalue weighted by atomic mass is 16.5. The van der Waals surface area contributed by atoms with Crippen LogP contribution in [0.25, 0.3) is 0 Å². The zero-order chi connectivity index (χ0) is 14.1. The topological polar surface area (TPSA) is 33.7 Å². The maximum Gasteiger partial charge on any atom is 0.119 e. The zero-order valence-corrected chi connectivity index (χ0v) is 12.5. The van der Waals surface area contributed by atoms with Crippen LogP contribution in [0.2, 0.25) is 0 Å². The second-order valence-corrected chi connectivity index (χ2v) is 4.68. The highest BCUT2D eigenvalue weighted by Crippen LogP contribution is 2.18. The number of hydrogen-bond donors (Lipinski definition) is 1. The van der Waals surface area contributed by atoms with Gasteiger partial charge in [0.05, 0.1) is 13.7 Å². The molecule has 1 atom stereocenters. The first-order chi connectivity index (χ1) is 9.21. The third-order valence-corrected chi connectivity index (χ3v) is 3.06. The molecule has 0 saturated carbocycles. The summed E-state index contributed by atoms with van der Waals surface area (Å²) in [5, 5.41) is 3.50. The van der Waals surface area contributed by atoms with Gasteiger partial charge in [-0.05, 0) is 37.2 Å². The summed E-state index contributed by atoms with van der Waals surface area (Å²) in [6, 6.07) is 8.45. The van der Waals surface area contributed by atoms with Gasteiger partial charge in [-0.25, -0.2) is 0 Å². The molecule has 0 spiro atoms. The van der Waals surface area contributed by atoms with Crippen LogP contribution in [0.15, 0.2) is 24.3 Å². The summed E-state index contributed by atoms with van der Waals surface area (Å²) in [4.78, 5) is 2.23. The van der Waals surface area contributed by atoms with E-state index < -0.39 is 0 Å². The van der Waals surface area contributed by atoms with E-state index in [1.807, 2.05) is 12.1 Å². The number of anilines is 1. The predicted molar refractivity (Wildman–Crippen MR) is 80.2 cm³/mol. The molecule has 1 rings (SSSR count). The molecule has 0 saturated heterocycles. The molecule has 1 aromatic carbocycles. The predicted octanol–water partition coefficient (Wildman–Crippen LogP) is 2.15. The Balaban J connectivity index is 2.55. The van der Waals surface area contributed by atoms with Crippen LogP contribution in [0.4, 0.5) is 5.69 Å². The summed E-state index contributed by atoms with van der Waals surface area (Å²) < 4.78 is 10.4. The Labute approximate surface area is 116 Å². The van der Waals surface area contributed by atoms with Crippen molar-refractivity contribution in [2.75, 3.05) is 45.9 Å². The monoisotopic (exact) mass is 266 g/mol. The molecule has 1 aromatic rings. The lowest BCUT2D eigenvalue weighted by Crippen LogP contribution is -2.43. The van der Waals surface area contributed by atoms with E-state index >= 15 is 0 Å². The fourth-order valence-electron chi connectivity index (χ4n) is 2.00. The van der Waals surface area contributed by atoms with Gasteiger partial charge in [0.1, 0.15) is 5.75 Å². The molecule has 0 aliphatic heterocycles. The van der Waals surface area contributed by atoms with Gasteiger partial charge in [0.15, 0.2) is 0 Å². The minimum absolute atomic E-state index is 0.344. The molecule has 1 unspecified atom stereocenters. The van der Waals surface area contributed by atoms with Gasteiger partial charge in [0, 0.05) is 32.4 Å². The van der Waals surface area contributed by atoms with E-state index in [1.165, 1.54) is 5.69 Å². The van der Waals surface area contributed by atoms with Gasteiger partial charge in [0.2, 0.25) is 0 Å². The average molecular weight is 266 g/mol. The standard InChI is InChI=1S/C15H26N2O2/c1-5-10-16-13(12-18-3)11-17(2)14-6-8-15(19-4)9-7-14/h6-9,13,16H,5,10-12H2,1-4H3. The smallest absolute Gasteiger partial charge is 0.119 e. The van der Waals surface area contributed by atoms with Crippen LogP contribution in [0, 0.1) is 0 Å². The number of rotatable bonds is 9. The molecular weight excluding hydrogens is 240 g/mol. The lowest BCUT2D eigenvalue weighted by molar-refractivity contribution is 0.168. The highest BCUT2D eigenvalue weighted by Gasteiger charge is 2.11. The second kappa shape index (κ2) is 8.77. The molecule has 0 aliphatic carbocycles. The largest absolute Gasteiger partial charge is 0.497 e. The summed E-state index contributed by atoms with van der Waals surface area (Å²) in [7, 11) is 5.52. The number of nitrogens with zero attached hydrogens (tertiary/aromatic N) is 1. The maximum absolute atomic E-state index is 5.27. The molecule has 108 valence electrons. The van der Waals surface area contributed by atoms with Crippen molar-refractivity contribution in [3.8, 4) is 5.75 Å². The van der Waals surface area contributed by atoms with Crippen molar-refractivity contribution < 1.29 is 9.47 Å². The van der Waals surface area contributed by atoms with Crippen molar-refractivity contribution in [3.63, 3.8) is 0 Å². The lowest BCUT2D eigenvalue weighted by atomic mass is 10.2. The van der Waals surface area contributed by atoms with E-state index in [2.05, 4.69) is 36.3 Å². The van der Waals surface area contributed by atoms with Crippen LogP contribution in [0.3, 0.4) is 0 Å². The van der Waals surface area contributed by atoms with Crippen molar-refractivity contribution in [1.29, 1.82) is 0 Å². The first-order valence-electron chi connectivity index (χ1n) is 6.78. The molecule has 0 aliphatic rings. The Bertz CT molecular complexity index is 341. The molecule has 0 fully saturated rings. The zero-order valence-electron chi connectivity index (χ0n) is 12.5. The first kappa shape index (κ1) is 15.8. The molecule has 0 aromatic heterocycles. The molecular formula is C15H26N2O2. The fraction of sp³-hybridized carbons (Fsp3) is 0.600. The maximum atomic E-state index is 5.27. The van der Waals surface area contributed by atoms with Gasteiger partial charge >= 0.3 is 0 Å². The van der Waals surface area contributed by atoms with Crippen LogP contribution >= 0.6 is 0 Å². The summed E-state index contributed by atoms with van der Waals surface area (Å²) in [5.74, 6) is 0.884. The molecule has 0 bridgehead atoms. The molecule has 0 heterocycles. The molecule has 4 heteroatoms. The van der Waals surface area contributed by atoms with E-state index in [-0.39, 0.29) is 0 Å². The van der Waals surface area contributed by atoms with Crippen molar-refractivity contribution in [2.24, 2.45) is 0 Å². The lowest BCUT2D eigenvalue weighted by Gasteiger charge is -2.26. The molecule has 1 N–H and O–H groups in total. The Morgan fingerprint density at radius 2 is 1.89 bits per heavy atom. The van der Waals surface area contributed by atoms with Gasteiger partial charge in [-0.2, -0.15) is 0 Å². The number of ether oxygens (including phenoxy) is 2. The normalized spacial score (nSPS) is 12.2. The van der Waals surface area contributed by atoms with Gasteiger partial charge in [-0.1, -0.05) is 6.92 Å². The van der Waals surface area contributed by atoms with Crippen LogP contribution in [0.1, 0.15) is 13.3 Å². The second-order valence-electron chi connectivity index (χ2n) is 4.68. The summed E-state index contributed by atoms with van der Waals surface area (Å²) in [5.41, 5.74) is 1.18. The van der Waals surface area contributed by atoms with E-state index in [0.29, 0.717) is 6.04 Å². The molecule has 4 nitrogen and oxygen atoms in total. The molecule has 0 radical (unpaired) electrons. The fourth-order valence-corrected chi connectivity index (χ4v) is 2.00. The number of nitrogens with one attached hydrogen (secondary N) is 1. The van der Waals surface area contributed by atoms with Crippen LogP contribution < -0.4 is 15.0 Å². The number of hydrogen-bond acceptors (Lipinski definition) is 4. The van der Waals surface area contributed by atoms with Crippen molar-refractivity contribution in [2.45, 2.75) is 19.4 Å². The minimum atomic E-state index is 0.344. The third kappa shape index (κ3) is 5.49. The van der Waals surface area contributed by atoms with Gasteiger partial charge in [0.25, 0.3) is 0 Å². The Kier molecular flexibility index (Phi) is 7.30. The molecule has 0 amide bonds. The van der Waals surface area contributed by atoms with Crippen molar-refractivity contribution in [1.82, 2.24) is 5.32 Å². The van der Waals surface area contributed by atoms with Crippen molar-refractivity contribution in [3.05, 3.63) is 24.3 Å². The number of methoxy groups -OCH3 is 2. The van der Waals surface area contributed by atoms with Gasteiger partial charge < -0.3 is 19.7 Å². The summed E-state index contributed by atoms with van der Waals surface area (Å²) in [6.07, 6.45) is 1.13. The number of likely N-dealkylation sites (N-methyl/N-ethyl adjacent to an activating group) is 1. The average Bonchev–Trinajstić information content (AvgIpc) is 2.45. The molecule has 19 heavy (non-hydrogen) atoms. The van der Waals surface area contributed by atoms with Gasteiger partial charge in [-0.15, -0.1) is 0 Å². The van der Waals surface area contributed by atoms with Crippen LogP contribution in [-0.4, -0.2) is 47.0 Å². The quantitative estimate of drug-likeness (QED) is 0.742.